The average molecular weight is 272 g/mol. The van der Waals surface area contributed by atoms with E-state index in [-0.39, 0.29) is 29.7 Å². The van der Waals surface area contributed by atoms with Crippen LogP contribution in [0.1, 0.15) is 29.7 Å². The summed E-state index contributed by atoms with van der Waals surface area (Å²) in [5, 5.41) is 0. The van der Waals surface area contributed by atoms with Gasteiger partial charge in [0.1, 0.15) is 6.67 Å². The molecular formula is C12H33F5. The maximum Gasteiger partial charge on any atom is 0.229 e. The Morgan fingerprint density at radius 2 is 0.824 bits per heavy atom. The first-order valence-electron chi connectivity index (χ1n) is 2.87. The predicted octanol–water partition coefficient (Wildman–Crippen LogP) is 6.54. The lowest BCUT2D eigenvalue weighted by molar-refractivity contribution is 0.295. The maximum atomic E-state index is 10.6. The zero-order chi connectivity index (χ0) is 12.1. The topological polar surface area (TPSA) is 0 Å². The van der Waals surface area contributed by atoms with Crippen molar-refractivity contribution in [3.05, 3.63) is 25.8 Å². The van der Waals surface area contributed by atoms with Crippen LogP contribution in [0.25, 0.3) is 0 Å². The van der Waals surface area contributed by atoms with E-state index in [0.29, 0.717) is 14.4 Å². The Morgan fingerprint density at radius 3 is 0.824 bits per heavy atom. The predicted molar refractivity (Wildman–Crippen MR) is 75.5 cm³/mol. The summed E-state index contributed by atoms with van der Waals surface area (Å²) in [6, 6.07) is 0. The van der Waals surface area contributed by atoms with E-state index in [1.165, 1.54) is 6.08 Å². The van der Waals surface area contributed by atoms with Crippen LogP contribution in [0.15, 0.2) is 25.8 Å². The van der Waals surface area contributed by atoms with Crippen LogP contribution in [-0.4, -0.2) is 28.0 Å². The molecule has 0 unspecified atom stereocenters. The normalized spacial score (nSPS) is 3.47. The highest BCUT2D eigenvalue weighted by atomic mass is 19.3. The third-order valence-electron chi connectivity index (χ3n) is 0.109. The van der Waals surface area contributed by atoms with Crippen molar-refractivity contribution < 1.29 is 22.0 Å². The third kappa shape index (κ3) is 154000. The van der Waals surface area contributed by atoms with Gasteiger partial charge in [0.05, 0.1) is 14.4 Å². The molecule has 0 saturated carbocycles. The van der Waals surface area contributed by atoms with Gasteiger partial charge < -0.3 is 0 Å². The summed E-state index contributed by atoms with van der Waals surface area (Å²) in [7, 11) is 1.00. The largest absolute Gasteiger partial charge is 0.255 e. The molecule has 0 radical (unpaired) electrons. The first-order valence-corrected chi connectivity index (χ1v) is 2.87. The van der Waals surface area contributed by atoms with Crippen molar-refractivity contribution in [2.75, 3.05) is 28.0 Å². The SMILES string of the molecule is C.C.C.C.C=C.C=CCF.CF.CF.FCF. The Labute approximate surface area is 106 Å². The zero-order valence-electron chi connectivity index (χ0n) is 8.00. The van der Waals surface area contributed by atoms with Gasteiger partial charge >= 0.3 is 0 Å². The molecule has 0 spiro atoms. The van der Waals surface area contributed by atoms with Gasteiger partial charge in [-0.2, -0.15) is 0 Å². The van der Waals surface area contributed by atoms with Crippen molar-refractivity contribution >= 4 is 0 Å². The van der Waals surface area contributed by atoms with Gasteiger partial charge in [-0.05, 0) is 0 Å². The smallest absolute Gasteiger partial charge is 0.229 e. The number of alkyl halides is 5. The van der Waals surface area contributed by atoms with Gasteiger partial charge in [0.15, 0.2) is 0 Å². The molecule has 17 heavy (non-hydrogen) atoms. The van der Waals surface area contributed by atoms with E-state index in [0.717, 1.165) is 0 Å². The summed E-state index contributed by atoms with van der Waals surface area (Å²) in [6.45, 7) is 6.94. The van der Waals surface area contributed by atoms with Crippen molar-refractivity contribution in [3.63, 3.8) is 0 Å². The minimum absolute atomic E-state index is 0. The maximum absolute atomic E-state index is 10.6. The monoisotopic (exact) mass is 272 g/mol. The van der Waals surface area contributed by atoms with Crippen molar-refractivity contribution in [2.24, 2.45) is 0 Å². The molecule has 0 nitrogen and oxygen atoms in total. The summed E-state index contributed by atoms with van der Waals surface area (Å²) in [4.78, 5) is 0. The molecule has 0 fully saturated rings. The number of rotatable bonds is 1. The Bertz CT molecular complexity index is 43.9. The molecule has 0 aliphatic rings. The second kappa shape index (κ2) is 666. The van der Waals surface area contributed by atoms with Crippen LogP contribution in [-0.2, 0) is 0 Å². The van der Waals surface area contributed by atoms with E-state index < -0.39 is 13.6 Å². The van der Waals surface area contributed by atoms with Crippen molar-refractivity contribution in [3.8, 4) is 0 Å². The highest BCUT2D eigenvalue weighted by Gasteiger charge is 1.49. The van der Waals surface area contributed by atoms with Gasteiger partial charge in [0.25, 0.3) is 0 Å². The molecule has 0 rings (SSSR count). The molecule has 0 bridgehead atoms. The van der Waals surface area contributed by atoms with E-state index in [1.807, 2.05) is 0 Å². The number of hydrogen-bond donors (Lipinski definition) is 0. The Kier molecular flexibility index (Phi) is 2840. The second-order valence-corrected chi connectivity index (χ2v) is 0.544. The van der Waals surface area contributed by atoms with Crippen molar-refractivity contribution in [1.29, 1.82) is 0 Å². The van der Waals surface area contributed by atoms with Crippen LogP contribution in [0, 0.1) is 0 Å². The Balaban J connectivity index is -0.00000000656. The van der Waals surface area contributed by atoms with Gasteiger partial charge in [-0.1, -0.05) is 35.8 Å². The molecule has 5 heteroatoms. The lowest BCUT2D eigenvalue weighted by Crippen LogP contribution is -1.48. The molecular weight excluding hydrogens is 239 g/mol. The second-order valence-electron chi connectivity index (χ2n) is 0.544. The van der Waals surface area contributed by atoms with E-state index in [4.69, 9.17) is 0 Å². The Hall–Kier alpha value is -0.870. The molecule has 0 saturated heterocycles. The first kappa shape index (κ1) is 72.6. The van der Waals surface area contributed by atoms with Crippen LogP contribution in [0.2, 0.25) is 0 Å². The van der Waals surface area contributed by atoms with Gasteiger partial charge in [-0.3, -0.25) is 8.78 Å². The molecule has 0 aromatic carbocycles. The standard InChI is InChI=1S/C3H5F.C2H4.CH2F2.2CH3F.4CH4/c1-2-3-4;1-2;2-1-3;2*1-2;;;;/h2H,1,3H2;1-2H2;1H2;2*1H3;4*1H4. The third-order valence-corrected chi connectivity index (χ3v) is 0.109. The van der Waals surface area contributed by atoms with Gasteiger partial charge in [0, 0.05) is 0 Å². The fraction of sp³-hybridized carbons (Fsp3) is 0.667. The van der Waals surface area contributed by atoms with E-state index in [2.05, 4.69) is 19.7 Å². The van der Waals surface area contributed by atoms with Crippen molar-refractivity contribution in [2.45, 2.75) is 29.7 Å². The van der Waals surface area contributed by atoms with Crippen LogP contribution < -0.4 is 0 Å². The van der Waals surface area contributed by atoms with E-state index in [9.17, 15) is 22.0 Å². The number of halogens is 5. The van der Waals surface area contributed by atoms with Gasteiger partial charge in [-0.15, -0.1) is 19.7 Å². The summed E-state index contributed by atoms with van der Waals surface area (Å²) in [5.41, 5.74) is 0. The van der Waals surface area contributed by atoms with Crippen LogP contribution in [0.5, 0.6) is 0 Å². The fourth-order valence-corrected chi connectivity index (χ4v) is 0. The highest BCUT2D eigenvalue weighted by Crippen LogP contribution is 1.59. The molecule has 0 N–H and O–H groups in total. The number of allylic oxidation sites excluding steroid dienone is 1. The minimum atomic E-state index is -1.75. The summed E-state index contributed by atoms with van der Waals surface area (Å²) in [6.07, 6.45) is 1.21. The van der Waals surface area contributed by atoms with Crippen LogP contribution in [0.3, 0.4) is 0 Å². The van der Waals surface area contributed by atoms with E-state index >= 15 is 0 Å². The van der Waals surface area contributed by atoms with Crippen molar-refractivity contribution in [1.82, 2.24) is 0 Å². The molecule has 116 valence electrons. The highest BCUT2D eigenvalue weighted by molar-refractivity contribution is 4.61. The lowest BCUT2D eigenvalue weighted by Gasteiger charge is -1.54. The molecule has 0 aliphatic carbocycles. The molecule has 0 aliphatic heterocycles. The lowest BCUT2D eigenvalue weighted by atomic mass is 10.7. The molecule has 0 heterocycles. The molecule has 0 amide bonds. The molecule has 0 aromatic rings. The molecule has 0 aromatic heterocycles. The summed E-state index contributed by atoms with van der Waals surface area (Å²) >= 11 is 0. The van der Waals surface area contributed by atoms with Gasteiger partial charge in [-0.25, -0.2) is 13.2 Å². The summed E-state index contributed by atoms with van der Waals surface area (Å²) in [5.74, 6) is 0. The van der Waals surface area contributed by atoms with E-state index in [1.54, 1.807) is 0 Å². The quantitative estimate of drug-likeness (QED) is 0.375. The minimum Gasteiger partial charge on any atom is -0.255 e. The Morgan fingerprint density at radius 1 is 0.765 bits per heavy atom. The van der Waals surface area contributed by atoms with Crippen LogP contribution in [0.4, 0.5) is 22.0 Å². The number of hydrogen-bond acceptors (Lipinski definition) is 0. The van der Waals surface area contributed by atoms with Crippen LogP contribution >= 0.6 is 0 Å². The zero-order valence-corrected chi connectivity index (χ0v) is 8.00. The first-order chi connectivity index (χ1) is 6.33. The fourth-order valence-electron chi connectivity index (χ4n) is 0. The molecule has 0 atom stereocenters. The average Bonchev–Trinajstić information content (AvgIpc) is 2.27. The van der Waals surface area contributed by atoms with Gasteiger partial charge in [0.2, 0.25) is 6.93 Å². The summed E-state index contributed by atoms with van der Waals surface area (Å²) < 4.78 is 48.9.